The van der Waals surface area contributed by atoms with E-state index in [-0.39, 0.29) is 25.7 Å². The third-order valence-corrected chi connectivity index (χ3v) is 20.4. The second-order valence-electron chi connectivity index (χ2n) is 30.3. The molecule has 0 aromatic carbocycles. The standard InChI is InChI=1S/C82H156O17P2/c1-8-9-10-11-12-13-14-15-20-26-31-36-41-49-56-63-79(84)92-69-77(98-81(86)66-59-52-43-38-33-28-23-25-30-35-40-47-54-61-74(4)5)71-96-100(88,89)94-67-76(83)68-95-101(90,91)97-72-78(70-93-80(85)64-57-50-45-44-48-55-62-75(6)7)99-82(87)65-58-51-42-37-32-27-22-19-17-16-18-21-24-29-34-39-46-53-60-73(2)3/h13-15,20,73-78,83H,8-12,16-19,21-72H2,1-7H3,(H,88,89)(H,90,91)/b14-13-,20-15-/t76?,77-,78-/m1/s1. The van der Waals surface area contributed by atoms with Gasteiger partial charge in [0.05, 0.1) is 26.4 Å². The van der Waals surface area contributed by atoms with Crippen molar-refractivity contribution in [2.24, 2.45) is 17.8 Å². The Morgan fingerprint density at radius 1 is 0.307 bits per heavy atom. The molecule has 17 nitrogen and oxygen atoms in total. The van der Waals surface area contributed by atoms with Crippen molar-refractivity contribution in [3.8, 4) is 0 Å². The van der Waals surface area contributed by atoms with Crippen LogP contribution in [-0.2, 0) is 65.4 Å². The predicted molar refractivity (Wildman–Crippen MR) is 414 cm³/mol. The summed E-state index contributed by atoms with van der Waals surface area (Å²) in [4.78, 5) is 73.0. The number of hydrogen-bond acceptors (Lipinski definition) is 15. The Labute approximate surface area is 618 Å². The summed E-state index contributed by atoms with van der Waals surface area (Å²) in [6, 6.07) is 0. The lowest BCUT2D eigenvalue weighted by Gasteiger charge is -2.21. The summed E-state index contributed by atoms with van der Waals surface area (Å²) in [6.45, 7) is 11.8. The van der Waals surface area contributed by atoms with E-state index in [1.807, 2.05) is 0 Å². The Morgan fingerprint density at radius 3 is 0.802 bits per heavy atom. The van der Waals surface area contributed by atoms with Crippen LogP contribution in [0.5, 0.6) is 0 Å². The molecule has 3 N–H and O–H groups in total. The van der Waals surface area contributed by atoms with Crippen LogP contribution in [0, 0.1) is 17.8 Å². The van der Waals surface area contributed by atoms with Crippen molar-refractivity contribution in [3.63, 3.8) is 0 Å². The second kappa shape index (κ2) is 71.8. The lowest BCUT2D eigenvalue weighted by atomic mass is 10.0. The van der Waals surface area contributed by atoms with Gasteiger partial charge < -0.3 is 33.8 Å². The lowest BCUT2D eigenvalue weighted by molar-refractivity contribution is -0.161. The van der Waals surface area contributed by atoms with Crippen LogP contribution in [0.15, 0.2) is 24.3 Å². The molecule has 101 heavy (non-hydrogen) atoms. The number of aliphatic hydroxyl groups excluding tert-OH is 1. The van der Waals surface area contributed by atoms with Crippen LogP contribution in [0.2, 0.25) is 0 Å². The highest BCUT2D eigenvalue weighted by molar-refractivity contribution is 7.47. The summed E-state index contributed by atoms with van der Waals surface area (Å²) in [5.74, 6) is 0.138. The van der Waals surface area contributed by atoms with Gasteiger partial charge in [0.2, 0.25) is 0 Å². The van der Waals surface area contributed by atoms with Gasteiger partial charge in [-0.3, -0.25) is 37.3 Å². The van der Waals surface area contributed by atoms with Crippen LogP contribution in [0.25, 0.3) is 0 Å². The molecule has 0 saturated carbocycles. The monoisotopic (exact) mass is 1480 g/mol. The van der Waals surface area contributed by atoms with Gasteiger partial charge in [-0.05, 0) is 69.1 Å². The summed E-state index contributed by atoms with van der Waals surface area (Å²) in [6.07, 6.45) is 63.5. The molecule has 0 aromatic heterocycles. The number of phosphoric acid groups is 2. The quantitative estimate of drug-likeness (QED) is 0.0169. The second-order valence-corrected chi connectivity index (χ2v) is 33.2. The highest BCUT2D eigenvalue weighted by atomic mass is 31.2. The molecule has 0 fully saturated rings. The highest BCUT2D eigenvalue weighted by Gasteiger charge is 2.30. The molecule has 0 radical (unpaired) electrons. The number of rotatable bonds is 78. The first-order valence-electron chi connectivity index (χ1n) is 41.7. The Bertz CT molecular complexity index is 2050. The Morgan fingerprint density at radius 2 is 0.535 bits per heavy atom. The molecule has 0 aliphatic heterocycles. The van der Waals surface area contributed by atoms with Crippen LogP contribution < -0.4 is 0 Å². The van der Waals surface area contributed by atoms with Crippen LogP contribution in [-0.4, -0.2) is 96.7 Å². The van der Waals surface area contributed by atoms with Gasteiger partial charge in [0.15, 0.2) is 12.2 Å². The van der Waals surface area contributed by atoms with E-state index >= 15 is 0 Å². The minimum absolute atomic E-state index is 0.100. The van der Waals surface area contributed by atoms with Crippen molar-refractivity contribution in [2.45, 2.75) is 420 Å². The molecule has 0 aliphatic rings. The normalized spacial score (nSPS) is 14.1. The smallest absolute Gasteiger partial charge is 0.462 e. The summed E-state index contributed by atoms with van der Waals surface area (Å²) >= 11 is 0. The maximum atomic E-state index is 13.1. The summed E-state index contributed by atoms with van der Waals surface area (Å²) < 4.78 is 68.6. The lowest BCUT2D eigenvalue weighted by Crippen LogP contribution is -2.30. The molecule has 0 rings (SSSR count). The average molecular weight is 1480 g/mol. The molecule has 5 atom stereocenters. The number of phosphoric ester groups is 2. The van der Waals surface area contributed by atoms with Crippen LogP contribution in [0.1, 0.15) is 402 Å². The van der Waals surface area contributed by atoms with Crippen molar-refractivity contribution in [1.82, 2.24) is 0 Å². The van der Waals surface area contributed by atoms with Gasteiger partial charge in [0.25, 0.3) is 0 Å². The molecule has 0 bridgehead atoms. The van der Waals surface area contributed by atoms with E-state index in [0.717, 1.165) is 127 Å². The highest BCUT2D eigenvalue weighted by Crippen LogP contribution is 2.45. The zero-order valence-electron chi connectivity index (χ0n) is 65.9. The molecule has 3 unspecified atom stereocenters. The van der Waals surface area contributed by atoms with Gasteiger partial charge in [-0.2, -0.15) is 0 Å². The van der Waals surface area contributed by atoms with Gasteiger partial charge in [-0.15, -0.1) is 0 Å². The van der Waals surface area contributed by atoms with Gasteiger partial charge in [-0.25, -0.2) is 9.13 Å². The molecule has 596 valence electrons. The number of esters is 4. The Kier molecular flexibility index (Phi) is 70.0. The van der Waals surface area contributed by atoms with E-state index in [4.69, 9.17) is 37.0 Å². The van der Waals surface area contributed by atoms with Crippen molar-refractivity contribution < 1.29 is 80.2 Å². The fourth-order valence-electron chi connectivity index (χ4n) is 12.1. The number of unbranched alkanes of at least 4 members (excludes halogenated alkanes) is 43. The molecule has 0 aliphatic carbocycles. The molecule has 0 heterocycles. The van der Waals surface area contributed by atoms with E-state index in [2.05, 4.69) is 72.8 Å². The molecular weight excluding hydrogens is 1320 g/mol. The topological polar surface area (TPSA) is 237 Å². The van der Waals surface area contributed by atoms with Gasteiger partial charge >= 0.3 is 39.5 Å². The fraction of sp³-hybridized carbons (Fsp3) is 0.902. The molecule has 0 amide bonds. The number of carbonyl (C=O) groups is 4. The van der Waals surface area contributed by atoms with Crippen molar-refractivity contribution in [3.05, 3.63) is 24.3 Å². The SMILES string of the molecule is CCCCCC/C=C\C=C/CCCCCCCC(=O)OC[C@H](COP(=O)(O)OCC(O)COP(=O)(O)OC[C@@H](COC(=O)CCCCCCCCC(C)C)OC(=O)CCCCCCCCCCCCCCCCCCCCC(C)C)OC(=O)CCCCCCCCCCCCCCCC(C)C. The van der Waals surface area contributed by atoms with Crippen LogP contribution in [0.3, 0.4) is 0 Å². The third kappa shape index (κ3) is 75.6. The predicted octanol–water partition coefficient (Wildman–Crippen LogP) is 24.1. The number of hydrogen-bond donors (Lipinski definition) is 3. The first-order valence-corrected chi connectivity index (χ1v) is 44.7. The average Bonchev–Trinajstić information content (AvgIpc) is 0.928. The first kappa shape index (κ1) is 98.5. The summed E-state index contributed by atoms with van der Waals surface area (Å²) in [5, 5.41) is 10.6. The van der Waals surface area contributed by atoms with E-state index in [1.165, 1.54) is 186 Å². The number of aliphatic hydroxyl groups is 1. The minimum atomic E-state index is -4.97. The number of ether oxygens (including phenoxy) is 4. The number of allylic oxidation sites excluding steroid dienone is 4. The molecular formula is C82H156O17P2. The summed E-state index contributed by atoms with van der Waals surface area (Å²) in [5.41, 5.74) is 0. The van der Waals surface area contributed by atoms with Gasteiger partial charge in [-0.1, -0.05) is 349 Å². The van der Waals surface area contributed by atoms with E-state index in [9.17, 15) is 43.2 Å². The Balaban J connectivity index is 5.22. The molecule has 0 aromatic rings. The minimum Gasteiger partial charge on any atom is -0.462 e. The first-order chi connectivity index (χ1) is 48.7. The zero-order valence-corrected chi connectivity index (χ0v) is 67.6. The maximum Gasteiger partial charge on any atom is 0.472 e. The van der Waals surface area contributed by atoms with Crippen molar-refractivity contribution >= 4 is 39.5 Å². The van der Waals surface area contributed by atoms with Crippen molar-refractivity contribution in [1.29, 1.82) is 0 Å². The molecule has 0 spiro atoms. The van der Waals surface area contributed by atoms with E-state index < -0.39 is 97.5 Å². The van der Waals surface area contributed by atoms with Gasteiger partial charge in [0.1, 0.15) is 19.3 Å². The third-order valence-electron chi connectivity index (χ3n) is 18.5. The maximum absolute atomic E-state index is 13.1. The number of carbonyl (C=O) groups excluding carboxylic acids is 4. The van der Waals surface area contributed by atoms with E-state index in [1.54, 1.807) is 0 Å². The fourth-order valence-corrected chi connectivity index (χ4v) is 13.7. The van der Waals surface area contributed by atoms with Gasteiger partial charge in [0, 0.05) is 25.7 Å². The van der Waals surface area contributed by atoms with Crippen LogP contribution >= 0.6 is 15.6 Å². The Hall–Kier alpha value is -2.46. The zero-order chi connectivity index (χ0) is 74.4. The molecule has 19 heteroatoms. The summed E-state index contributed by atoms with van der Waals surface area (Å²) in [7, 11) is -9.93. The van der Waals surface area contributed by atoms with E-state index in [0.29, 0.717) is 31.6 Å². The largest absolute Gasteiger partial charge is 0.472 e. The van der Waals surface area contributed by atoms with Crippen molar-refractivity contribution in [2.75, 3.05) is 39.6 Å². The van der Waals surface area contributed by atoms with Crippen LogP contribution in [0.4, 0.5) is 0 Å². The molecule has 0 saturated heterocycles.